The summed E-state index contributed by atoms with van der Waals surface area (Å²) in [5.41, 5.74) is 1.18. The molecule has 3 rings (SSSR count). The maximum atomic E-state index is 5.50. The van der Waals surface area contributed by atoms with Crippen LogP contribution >= 0.6 is 0 Å². The van der Waals surface area contributed by atoms with Gasteiger partial charge in [0.05, 0.1) is 14.2 Å². The van der Waals surface area contributed by atoms with Crippen molar-refractivity contribution in [2.45, 2.75) is 38.6 Å². The fourth-order valence-electron chi connectivity index (χ4n) is 3.37. The summed E-state index contributed by atoms with van der Waals surface area (Å²) in [7, 11) is 3.44. The van der Waals surface area contributed by atoms with Crippen LogP contribution in [0.4, 0.5) is 0 Å². The molecule has 1 unspecified atom stereocenters. The molecule has 1 aromatic rings. The van der Waals surface area contributed by atoms with Gasteiger partial charge in [-0.2, -0.15) is 0 Å². The molecule has 1 aromatic carbocycles. The van der Waals surface area contributed by atoms with Gasteiger partial charge in [0.1, 0.15) is 11.5 Å². The number of benzene rings is 1. The molecule has 0 amide bonds. The summed E-state index contributed by atoms with van der Waals surface area (Å²) in [6.45, 7) is 3.35. The Morgan fingerprint density at radius 3 is 2.29 bits per heavy atom. The molecule has 1 N–H and O–H groups in total. The van der Waals surface area contributed by atoms with Gasteiger partial charge in [-0.15, -0.1) is 0 Å². The lowest BCUT2D eigenvalue weighted by Crippen LogP contribution is -2.28. The highest BCUT2D eigenvalue weighted by molar-refractivity contribution is 5.42. The Hall–Kier alpha value is -1.22. The molecule has 0 radical (unpaired) electrons. The summed E-state index contributed by atoms with van der Waals surface area (Å²) >= 11 is 0. The van der Waals surface area contributed by atoms with E-state index in [1.807, 2.05) is 12.1 Å². The van der Waals surface area contributed by atoms with Gasteiger partial charge in [0.15, 0.2) is 0 Å². The van der Waals surface area contributed by atoms with E-state index in [4.69, 9.17) is 9.47 Å². The van der Waals surface area contributed by atoms with Gasteiger partial charge >= 0.3 is 0 Å². The molecule has 2 fully saturated rings. The maximum Gasteiger partial charge on any atom is 0.123 e. The van der Waals surface area contributed by atoms with E-state index in [0.29, 0.717) is 0 Å². The standard InChI is InChI=1S/C18H27NO2/c1-12(16-10-15(20-2)8-9-18(16)21-3)19-11-17(13-4-5-13)14-6-7-14/h8-10,12-14,17,19H,4-7,11H2,1-3H3. The zero-order valence-electron chi connectivity index (χ0n) is 13.4. The molecule has 3 heteroatoms. The number of methoxy groups -OCH3 is 2. The first-order valence-electron chi connectivity index (χ1n) is 8.18. The number of hydrogen-bond acceptors (Lipinski definition) is 3. The average Bonchev–Trinajstić information content (AvgIpc) is 3.38. The van der Waals surface area contributed by atoms with E-state index in [1.165, 1.54) is 31.2 Å². The second kappa shape index (κ2) is 6.27. The summed E-state index contributed by atoms with van der Waals surface area (Å²) < 4.78 is 10.8. The fraction of sp³-hybridized carbons (Fsp3) is 0.667. The molecule has 0 aromatic heterocycles. The minimum absolute atomic E-state index is 0.287. The lowest BCUT2D eigenvalue weighted by atomic mass is 9.97. The Morgan fingerprint density at radius 2 is 1.76 bits per heavy atom. The number of rotatable bonds is 8. The molecule has 2 aliphatic rings. The number of ether oxygens (including phenoxy) is 2. The van der Waals surface area contributed by atoms with Crippen molar-refractivity contribution in [1.82, 2.24) is 5.32 Å². The van der Waals surface area contributed by atoms with E-state index in [0.717, 1.165) is 35.8 Å². The van der Waals surface area contributed by atoms with Crippen molar-refractivity contribution in [3.8, 4) is 11.5 Å². The molecule has 1 atom stereocenters. The minimum atomic E-state index is 0.287. The summed E-state index contributed by atoms with van der Waals surface area (Å²) in [6, 6.07) is 6.31. The van der Waals surface area contributed by atoms with Crippen LogP contribution in [0.15, 0.2) is 18.2 Å². The van der Waals surface area contributed by atoms with Gasteiger partial charge in [-0.1, -0.05) is 0 Å². The number of hydrogen-bond donors (Lipinski definition) is 1. The monoisotopic (exact) mass is 289 g/mol. The Kier molecular flexibility index (Phi) is 4.39. The van der Waals surface area contributed by atoms with Gasteiger partial charge in [-0.3, -0.25) is 0 Å². The summed E-state index contributed by atoms with van der Waals surface area (Å²) in [6.07, 6.45) is 5.78. The van der Waals surface area contributed by atoms with E-state index in [1.54, 1.807) is 14.2 Å². The highest BCUT2D eigenvalue weighted by Crippen LogP contribution is 2.49. The van der Waals surface area contributed by atoms with Gasteiger partial charge in [0, 0.05) is 11.6 Å². The zero-order chi connectivity index (χ0) is 14.8. The molecule has 2 saturated carbocycles. The van der Waals surface area contributed by atoms with Crippen LogP contribution in [0.2, 0.25) is 0 Å². The highest BCUT2D eigenvalue weighted by Gasteiger charge is 2.41. The van der Waals surface area contributed by atoms with Gasteiger partial charge in [0.25, 0.3) is 0 Å². The third-order valence-electron chi connectivity index (χ3n) is 5.02. The Bertz CT molecular complexity index is 468. The molecule has 0 saturated heterocycles. The van der Waals surface area contributed by atoms with E-state index in [2.05, 4.69) is 18.3 Å². The molecule has 116 valence electrons. The quantitative estimate of drug-likeness (QED) is 0.790. The van der Waals surface area contributed by atoms with E-state index >= 15 is 0 Å². The van der Waals surface area contributed by atoms with E-state index < -0.39 is 0 Å². The van der Waals surface area contributed by atoms with Crippen LogP contribution < -0.4 is 14.8 Å². The van der Waals surface area contributed by atoms with Gasteiger partial charge in [0.2, 0.25) is 0 Å². The topological polar surface area (TPSA) is 30.5 Å². The Morgan fingerprint density at radius 1 is 1.10 bits per heavy atom. The predicted molar refractivity (Wildman–Crippen MR) is 84.9 cm³/mol. The van der Waals surface area contributed by atoms with Gasteiger partial charge in [-0.25, -0.2) is 0 Å². The van der Waals surface area contributed by atoms with Crippen molar-refractivity contribution in [1.29, 1.82) is 0 Å². The Labute approximate surface area is 128 Å². The normalized spacial score (nSPS) is 19.6. The van der Waals surface area contributed by atoms with Gasteiger partial charge < -0.3 is 14.8 Å². The molecule has 3 nitrogen and oxygen atoms in total. The van der Waals surface area contributed by atoms with E-state index in [-0.39, 0.29) is 6.04 Å². The largest absolute Gasteiger partial charge is 0.497 e. The first-order valence-corrected chi connectivity index (χ1v) is 8.18. The van der Waals surface area contributed by atoms with Crippen molar-refractivity contribution in [2.24, 2.45) is 17.8 Å². The van der Waals surface area contributed by atoms with Crippen molar-refractivity contribution in [3.05, 3.63) is 23.8 Å². The van der Waals surface area contributed by atoms with Crippen LogP contribution in [0.5, 0.6) is 11.5 Å². The first-order chi connectivity index (χ1) is 10.2. The molecule has 0 spiro atoms. The molecule has 0 bridgehead atoms. The van der Waals surface area contributed by atoms with Crippen molar-refractivity contribution in [3.63, 3.8) is 0 Å². The first kappa shape index (κ1) is 14.7. The lowest BCUT2D eigenvalue weighted by molar-refractivity contribution is 0.353. The minimum Gasteiger partial charge on any atom is -0.497 e. The van der Waals surface area contributed by atoms with Gasteiger partial charge in [-0.05, 0) is 75.1 Å². The third-order valence-corrected chi connectivity index (χ3v) is 5.02. The summed E-state index contributed by atoms with van der Waals surface area (Å²) in [4.78, 5) is 0. The van der Waals surface area contributed by atoms with Crippen molar-refractivity contribution < 1.29 is 9.47 Å². The smallest absolute Gasteiger partial charge is 0.123 e. The molecular weight excluding hydrogens is 262 g/mol. The van der Waals surface area contributed by atoms with Crippen molar-refractivity contribution >= 4 is 0 Å². The highest BCUT2D eigenvalue weighted by atomic mass is 16.5. The second-order valence-corrected chi connectivity index (χ2v) is 6.58. The fourth-order valence-corrected chi connectivity index (χ4v) is 3.37. The lowest BCUT2D eigenvalue weighted by Gasteiger charge is -2.22. The average molecular weight is 289 g/mol. The SMILES string of the molecule is COc1ccc(OC)c(C(C)NCC(C2CC2)C2CC2)c1. The molecule has 0 aliphatic heterocycles. The summed E-state index contributed by atoms with van der Waals surface area (Å²) in [5, 5.41) is 3.73. The van der Waals surface area contributed by atoms with Crippen molar-refractivity contribution in [2.75, 3.05) is 20.8 Å². The van der Waals surface area contributed by atoms with E-state index in [9.17, 15) is 0 Å². The molecule has 0 heterocycles. The molecular formula is C18H27NO2. The van der Waals surface area contributed by atoms with Crippen LogP contribution in [0.25, 0.3) is 0 Å². The second-order valence-electron chi connectivity index (χ2n) is 6.58. The zero-order valence-corrected chi connectivity index (χ0v) is 13.4. The van der Waals surface area contributed by atoms with Crippen LogP contribution in [0.1, 0.15) is 44.2 Å². The van der Waals surface area contributed by atoms with Crippen LogP contribution in [-0.2, 0) is 0 Å². The summed E-state index contributed by atoms with van der Waals surface area (Å²) in [5.74, 6) is 4.70. The predicted octanol–water partition coefficient (Wildman–Crippen LogP) is 3.79. The van der Waals surface area contributed by atoms with Crippen LogP contribution in [-0.4, -0.2) is 20.8 Å². The maximum absolute atomic E-state index is 5.50. The van der Waals surface area contributed by atoms with Crippen LogP contribution in [0.3, 0.4) is 0 Å². The van der Waals surface area contributed by atoms with Crippen LogP contribution in [0, 0.1) is 17.8 Å². The third kappa shape index (κ3) is 3.52. The number of nitrogens with one attached hydrogen (secondary N) is 1. The molecule has 2 aliphatic carbocycles. The molecule has 21 heavy (non-hydrogen) atoms. The Balaban J connectivity index is 1.64.